The van der Waals surface area contributed by atoms with Crippen molar-refractivity contribution in [1.82, 2.24) is 9.80 Å². The third-order valence-corrected chi connectivity index (χ3v) is 2.27. The van der Waals surface area contributed by atoms with E-state index in [1.165, 1.54) is 0 Å². The number of likely N-dealkylation sites (N-methyl/N-ethyl adjacent to an activating group) is 2. The molecule has 0 atom stereocenters. The van der Waals surface area contributed by atoms with Crippen LogP contribution in [0, 0.1) is 0 Å². The molecule has 0 heterocycles. The van der Waals surface area contributed by atoms with Gasteiger partial charge in [0.2, 0.25) is 5.91 Å². The largest absolute Gasteiger partial charge is 0.342 e. The molecular formula is C10H23N3O. The zero-order chi connectivity index (χ0) is 11.0. The van der Waals surface area contributed by atoms with Crippen molar-refractivity contribution in [3.63, 3.8) is 0 Å². The first-order valence-corrected chi connectivity index (χ1v) is 5.32. The van der Waals surface area contributed by atoms with Gasteiger partial charge in [-0.2, -0.15) is 0 Å². The predicted molar refractivity (Wildman–Crippen MR) is 59.1 cm³/mol. The SMILES string of the molecule is CCN(CC)C(=O)CN(C)CCCN. The molecule has 4 nitrogen and oxygen atoms in total. The summed E-state index contributed by atoms with van der Waals surface area (Å²) in [6.07, 6.45) is 0.946. The summed E-state index contributed by atoms with van der Waals surface area (Å²) in [4.78, 5) is 15.5. The quantitative estimate of drug-likeness (QED) is 0.637. The van der Waals surface area contributed by atoms with Crippen molar-refractivity contribution in [3.8, 4) is 0 Å². The average molecular weight is 201 g/mol. The van der Waals surface area contributed by atoms with Gasteiger partial charge in [0.05, 0.1) is 6.54 Å². The summed E-state index contributed by atoms with van der Waals surface area (Å²) >= 11 is 0. The van der Waals surface area contributed by atoms with Gasteiger partial charge in [0.1, 0.15) is 0 Å². The Morgan fingerprint density at radius 2 is 1.86 bits per heavy atom. The van der Waals surface area contributed by atoms with Gasteiger partial charge in [-0.05, 0) is 40.4 Å². The van der Waals surface area contributed by atoms with Crippen LogP contribution in [0.5, 0.6) is 0 Å². The number of amides is 1. The van der Waals surface area contributed by atoms with Gasteiger partial charge in [-0.25, -0.2) is 0 Å². The normalized spacial score (nSPS) is 10.6. The second-order valence-corrected chi connectivity index (χ2v) is 3.45. The molecule has 84 valence electrons. The van der Waals surface area contributed by atoms with E-state index in [0.29, 0.717) is 13.1 Å². The minimum atomic E-state index is 0.203. The molecule has 0 aliphatic carbocycles. The smallest absolute Gasteiger partial charge is 0.236 e. The molecule has 4 heteroatoms. The van der Waals surface area contributed by atoms with Crippen LogP contribution in [0.15, 0.2) is 0 Å². The molecule has 2 N–H and O–H groups in total. The lowest BCUT2D eigenvalue weighted by Gasteiger charge is -2.22. The molecule has 0 aliphatic rings. The summed E-state index contributed by atoms with van der Waals surface area (Å²) < 4.78 is 0. The molecule has 0 radical (unpaired) electrons. The summed E-state index contributed by atoms with van der Waals surface area (Å²) in [5.74, 6) is 0.203. The van der Waals surface area contributed by atoms with Crippen LogP contribution in [0.3, 0.4) is 0 Å². The summed E-state index contributed by atoms with van der Waals surface area (Å²) in [6.45, 7) is 7.66. The first kappa shape index (κ1) is 13.4. The Hall–Kier alpha value is -0.610. The minimum Gasteiger partial charge on any atom is -0.342 e. The van der Waals surface area contributed by atoms with Gasteiger partial charge in [-0.3, -0.25) is 9.69 Å². The molecule has 0 unspecified atom stereocenters. The van der Waals surface area contributed by atoms with Crippen molar-refractivity contribution in [2.75, 3.05) is 39.8 Å². The lowest BCUT2D eigenvalue weighted by atomic mass is 10.3. The molecular weight excluding hydrogens is 178 g/mol. The van der Waals surface area contributed by atoms with Crippen molar-refractivity contribution >= 4 is 5.91 Å². The van der Waals surface area contributed by atoms with Crippen molar-refractivity contribution in [1.29, 1.82) is 0 Å². The number of nitrogens with zero attached hydrogens (tertiary/aromatic N) is 2. The molecule has 0 aromatic heterocycles. The number of hydrogen-bond donors (Lipinski definition) is 1. The Balaban J connectivity index is 3.79. The van der Waals surface area contributed by atoms with Gasteiger partial charge in [-0.1, -0.05) is 0 Å². The van der Waals surface area contributed by atoms with Gasteiger partial charge < -0.3 is 10.6 Å². The average Bonchev–Trinajstić information content (AvgIpc) is 2.16. The van der Waals surface area contributed by atoms with E-state index < -0.39 is 0 Å². The lowest BCUT2D eigenvalue weighted by Crippen LogP contribution is -2.39. The molecule has 14 heavy (non-hydrogen) atoms. The molecule has 0 aromatic rings. The molecule has 1 amide bonds. The van der Waals surface area contributed by atoms with E-state index in [1.54, 1.807) is 0 Å². The first-order valence-electron chi connectivity index (χ1n) is 5.32. The zero-order valence-corrected chi connectivity index (χ0v) is 9.62. The third-order valence-electron chi connectivity index (χ3n) is 2.27. The predicted octanol–water partition coefficient (Wildman–Crippen LogP) is 0.135. The lowest BCUT2D eigenvalue weighted by molar-refractivity contribution is -0.131. The van der Waals surface area contributed by atoms with Crippen LogP contribution in [0.4, 0.5) is 0 Å². The van der Waals surface area contributed by atoms with Crippen molar-refractivity contribution in [2.24, 2.45) is 5.73 Å². The maximum atomic E-state index is 11.6. The number of carbonyl (C=O) groups excluding carboxylic acids is 1. The number of carbonyl (C=O) groups is 1. The maximum absolute atomic E-state index is 11.6. The van der Waals surface area contributed by atoms with Crippen molar-refractivity contribution < 1.29 is 4.79 Å². The molecule has 0 saturated heterocycles. The molecule has 0 fully saturated rings. The molecule has 0 spiro atoms. The molecule has 0 saturated carbocycles. The minimum absolute atomic E-state index is 0.203. The van der Waals surface area contributed by atoms with E-state index in [0.717, 1.165) is 26.1 Å². The van der Waals surface area contributed by atoms with E-state index in [2.05, 4.69) is 0 Å². The highest BCUT2D eigenvalue weighted by Gasteiger charge is 2.11. The summed E-state index contributed by atoms with van der Waals surface area (Å²) in [5.41, 5.74) is 5.40. The first-order chi connectivity index (χ1) is 6.65. The highest BCUT2D eigenvalue weighted by Crippen LogP contribution is 1.92. The van der Waals surface area contributed by atoms with Crippen LogP contribution >= 0.6 is 0 Å². The topological polar surface area (TPSA) is 49.6 Å². The Morgan fingerprint density at radius 1 is 1.29 bits per heavy atom. The Morgan fingerprint density at radius 3 is 2.29 bits per heavy atom. The highest BCUT2D eigenvalue weighted by atomic mass is 16.2. The second-order valence-electron chi connectivity index (χ2n) is 3.45. The van der Waals surface area contributed by atoms with Crippen molar-refractivity contribution in [2.45, 2.75) is 20.3 Å². The van der Waals surface area contributed by atoms with Crippen molar-refractivity contribution in [3.05, 3.63) is 0 Å². The molecule has 0 aromatic carbocycles. The van der Waals surface area contributed by atoms with E-state index in [9.17, 15) is 4.79 Å². The van der Waals surface area contributed by atoms with Crippen LogP contribution in [0.1, 0.15) is 20.3 Å². The van der Waals surface area contributed by atoms with Gasteiger partial charge in [0.25, 0.3) is 0 Å². The van der Waals surface area contributed by atoms with Crippen LogP contribution in [0.2, 0.25) is 0 Å². The standard InChI is InChI=1S/C10H23N3O/c1-4-13(5-2)10(14)9-12(3)8-6-7-11/h4-9,11H2,1-3H3. The van der Waals surface area contributed by atoms with E-state index in [4.69, 9.17) is 5.73 Å². The maximum Gasteiger partial charge on any atom is 0.236 e. The Bertz CT molecular complexity index is 157. The third kappa shape index (κ3) is 5.19. The summed E-state index contributed by atoms with van der Waals surface area (Å²) in [7, 11) is 1.96. The summed E-state index contributed by atoms with van der Waals surface area (Å²) in [5, 5.41) is 0. The van der Waals surface area contributed by atoms with Crippen LogP contribution in [-0.2, 0) is 4.79 Å². The van der Waals surface area contributed by atoms with E-state index in [1.807, 2.05) is 30.7 Å². The van der Waals surface area contributed by atoms with Crippen LogP contribution < -0.4 is 5.73 Å². The van der Waals surface area contributed by atoms with Gasteiger partial charge in [-0.15, -0.1) is 0 Å². The fraction of sp³-hybridized carbons (Fsp3) is 0.900. The van der Waals surface area contributed by atoms with E-state index in [-0.39, 0.29) is 5.91 Å². The number of nitrogens with two attached hydrogens (primary N) is 1. The summed E-state index contributed by atoms with van der Waals surface area (Å²) in [6, 6.07) is 0. The van der Waals surface area contributed by atoms with Crippen LogP contribution in [-0.4, -0.2) is 55.5 Å². The van der Waals surface area contributed by atoms with E-state index >= 15 is 0 Å². The second kappa shape index (κ2) is 7.76. The Labute approximate surface area is 87.0 Å². The molecule has 0 bridgehead atoms. The van der Waals surface area contributed by atoms with Gasteiger partial charge in [0.15, 0.2) is 0 Å². The van der Waals surface area contributed by atoms with Crippen LogP contribution in [0.25, 0.3) is 0 Å². The molecule has 0 aliphatic heterocycles. The fourth-order valence-electron chi connectivity index (χ4n) is 1.35. The monoisotopic (exact) mass is 201 g/mol. The van der Waals surface area contributed by atoms with Gasteiger partial charge in [0, 0.05) is 13.1 Å². The highest BCUT2D eigenvalue weighted by molar-refractivity contribution is 5.78. The molecule has 0 rings (SSSR count). The zero-order valence-electron chi connectivity index (χ0n) is 9.62. The fourth-order valence-corrected chi connectivity index (χ4v) is 1.35. The van der Waals surface area contributed by atoms with Gasteiger partial charge >= 0.3 is 0 Å². The number of hydrogen-bond acceptors (Lipinski definition) is 3. The number of rotatable bonds is 7. The Kier molecular flexibility index (Phi) is 7.42.